The zero-order chi connectivity index (χ0) is 15.9. The molecule has 2 N–H and O–H groups in total. The van der Waals surface area contributed by atoms with Gasteiger partial charge < -0.3 is 15.4 Å². The zero-order valence-corrected chi connectivity index (χ0v) is 13.2. The van der Waals surface area contributed by atoms with E-state index in [0.29, 0.717) is 6.54 Å². The topological polar surface area (TPSA) is 50.4 Å². The van der Waals surface area contributed by atoms with Crippen LogP contribution in [0.25, 0.3) is 0 Å². The number of hydrogen-bond donors (Lipinski definition) is 2. The van der Waals surface area contributed by atoms with Crippen molar-refractivity contribution in [2.45, 2.75) is 13.1 Å². The molecule has 4 nitrogen and oxygen atoms in total. The molecule has 0 radical (unpaired) electrons. The second kappa shape index (κ2) is 9.53. The molecule has 1 rings (SSSR count). The summed E-state index contributed by atoms with van der Waals surface area (Å²) in [6.45, 7) is 2.42. The van der Waals surface area contributed by atoms with Crippen LogP contribution in [0.1, 0.15) is 12.5 Å². The van der Waals surface area contributed by atoms with Gasteiger partial charge in [0.1, 0.15) is 12.4 Å². The molecule has 0 aliphatic heterocycles. The Hall–Kier alpha value is -1.47. The third kappa shape index (κ3) is 6.53. The molecule has 22 heavy (non-hydrogen) atoms. The molecule has 0 bridgehead atoms. The van der Waals surface area contributed by atoms with Crippen molar-refractivity contribution in [3.05, 3.63) is 29.8 Å². The van der Waals surface area contributed by atoms with Crippen LogP contribution in [-0.2, 0) is 11.0 Å². The Morgan fingerprint density at radius 1 is 1.32 bits per heavy atom. The van der Waals surface area contributed by atoms with Gasteiger partial charge in [-0.15, -0.1) is 12.4 Å². The van der Waals surface area contributed by atoms with Gasteiger partial charge in [0.25, 0.3) is 0 Å². The van der Waals surface area contributed by atoms with Crippen LogP contribution in [0.3, 0.4) is 0 Å². The van der Waals surface area contributed by atoms with Crippen molar-refractivity contribution < 1.29 is 22.7 Å². The highest BCUT2D eigenvalue weighted by Gasteiger charge is 2.33. The third-order valence-electron chi connectivity index (χ3n) is 2.81. The van der Waals surface area contributed by atoms with Crippen molar-refractivity contribution in [3.8, 4) is 5.75 Å². The Bertz CT molecular complexity index is 470. The standard InChI is InChI=1S/C14H19F3N2O2.ClH/c1-10(9-18-2)13(20)19-7-8-21-12-6-4-3-5-11(12)14(15,16)17;/h3-6,10,18H,7-9H2,1-2H3,(H,19,20);1H. The van der Waals surface area contributed by atoms with Gasteiger partial charge in [-0.3, -0.25) is 4.79 Å². The number of para-hydroxylation sites is 1. The van der Waals surface area contributed by atoms with Gasteiger partial charge in [0.15, 0.2) is 0 Å². The molecule has 1 unspecified atom stereocenters. The van der Waals surface area contributed by atoms with E-state index in [0.717, 1.165) is 6.07 Å². The van der Waals surface area contributed by atoms with Crippen LogP contribution in [0, 0.1) is 5.92 Å². The number of amides is 1. The van der Waals surface area contributed by atoms with Gasteiger partial charge in [-0.2, -0.15) is 13.2 Å². The molecule has 8 heteroatoms. The van der Waals surface area contributed by atoms with E-state index in [4.69, 9.17) is 4.74 Å². The van der Waals surface area contributed by atoms with Crippen LogP contribution in [-0.4, -0.2) is 32.7 Å². The summed E-state index contributed by atoms with van der Waals surface area (Å²) in [5.41, 5.74) is -0.820. The summed E-state index contributed by atoms with van der Waals surface area (Å²) < 4.78 is 43.3. The van der Waals surface area contributed by atoms with Crippen molar-refractivity contribution >= 4 is 18.3 Å². The van der Waals surface area contributed by atoms with Gasteiger partial charge in [-0.25, -0.2) is 0 Å². The molecule has 0 spiro atoms. The minimum absolute atomic E-state index is 0. The highest BCUT2D eigenvalue weighted by atomic mass is 35.5. The first kappa shape index (κ1) is 20.5. The molecule has 0 aromatic heterocycles. The van der Waals surface area contributed by atoms with Gasteiger partial charge in [-0.05, 0) is 19.2 Å². The maximum Gasteiger partial charge on any atom is 0.419 e. The van der Waals surface area contributed by atoms with E-state index in [1.165, 1.54) is 18.2 Å². The first-order valence-corrected chi connectivity index (χ1v) is 6.57. The Kier molecular flexibility index (Phi) is 8.89. The lowest BCUT2D eigenvalue weighted by molar-refractivity contribution is -0.139. The maximum atomic E-state index is 12.7. The van der Waals surface area contributed by atoms with Gasteiger partial charge in [0.05, 0.1) is 12.1 Å². The number of benzene rings is 1. The molecule has 0 aliphatic rings. The van der Waals surface area contributed by atoms with Crippen LogP contribution in [0.4, 0.5) is 13.2 Å². The summed E-state index contributed by atoms with van der Waals surface area (Å²) in [6.07, 6.45) is -4.46. The molecule has 0 saturated heterocycles. The minimum atomic E-state index is -4.46. The van der Waals surface area contributed by atoms with E-state index in [2.05, 4.69) is 10.6 Å². The van der Waals surface area contributed by atoms with Crippen LogP contribution in [0.2, 0.25) is 0 Å². The summed E-state index contributed by atoms with van der Waals surface area (Å²) in [6, 6.07) is 4.99. The number of rotatable bonds is 7. The smallest absolute Gasteiger partial charge is 0.419 e. The van der Waals surface area contributed by atoms with Crippen molar-refractivity contribution in [3.63, 3.8) is 0 Å². The van der Waals surface area contributed by atoms with Crippen LogP contribution >= 0.6 is 12.4 Å². The summed E-state index contributed by atoms with van der Waals surface area (Å²) in [5, 5.41) is 5.48. The lowest BCUT2D eigenvalue weighted by Gasteiger charge is -2.15. The Balaban J connectivity index is 0.00000441. The van der Waals surface area contributed by atoms with Crippen LogP contribution in [0.5, 0.6) is 5.75 Å². The average molecular weight is 341 g/mol. The molecular weight excluding hydrogens is 321 g/mol. The molecule has 1 atom stereocenters. The minimum Gasteiger partial charge on any atom is -0.491 e. The second-order valence-electron chi connectivity index (χ2n) is 4.59. The summed E-state index contributed by atoms with van der Waals surface area (Å²) >= 11 is 0. The van der Waals surface area contributed by atoms with E-state index < -0.39 is 11.7 Å². The first-order valence-electron chi connectivity index (χ1n) is 6.57. The molecule has 1 aromatic carbocycles. The van der Waals surface area contributed by atoms with E-state index in [-0.39, 0.29) is 43.1 Å². The number of alkyl halides is 3. The summed E-state index contributed by atoms with van der Waals surface area (Å²) in [7, 11) is 1.74. The van der Waals surface area contributed by atoms with Crippen molar-refractivity contribution in [2.24, 2.45) is 5.92 Å². The number of ether oxygens (including phenoxy) is 1. The lowest BCUT2D eigenvalue weighted by Crippen LogP contribution is -2.36. The number of carbonyl (C=O) groups is 1. The number of nitrogens with one attached hydrogen (secondary N) is 2. The van der Waals surface area contributed by atoms with Gasteiger partial charge >= 0.3 is 6.18 Å². The Labute approximate surface area is 133 Å². The SMILES string of the molecule is CNCC(C)C(=O)NCCOc1ccccc1C(F)(F)F.Cl. The van der Waals surface area contributed by atoms with E-state index >= 15 is 0 Å². The van der Waals surface area contributed by atoms with E-state index in [9.17, 15) is 18.0 Å². The van der Waals surface area contributed by atoms with Crippen molar-refractivity contribution in [2.75, 3.05) is 26.7 Å². The van der Waals surface area contributed by atoms with Crippen LogP contribution in [0.15, 0.2) is 24.3 Å². The quantitative estimate of drug-likeness (QED) is 0.750. The predicted molar refractivity (Wildman–Crippen MR) is 80.3 cm³/mol. The molecule has 0 fully saturated rings. The molecule has 126 valence electrons. The van der Waals surface area contributed by atoms with Gasteiger partial charge in [0, 0.05) is 12.5 Å². The number of halogens is 4. The highest BCUT2D eigenvalue weighted by Crippen LogP contribution is 2.35. The molecule has 1 aromatic rings. The van der Waals surface area contributed by atoms with Gasteiger partial charge in [0.2, 0.25) is 5.91 Å². The third-order valence-corrected chi connectivity index (χ3v) is 2.81. The lowest BCUT2D eigenvalue weighted by atomic mass is 10.1. The van der Waals surface area contributed by atoms with Crippen LogP contribution < -0.4 is 15.4 Å². The summed E-state index contributed by atoms with van der Waals surface area (Å²) in [5.74, 6) is -0.614. The molecule has 0 saturated carbocycles. The first-order chi connectivity index (χ1) is 9.86. The fourth-order valence-corrected chi connectivity index (χ4v) is 1.74. The molecule has 1 amide bonds. The average Bonchev–Trinajstić information content (AvgIpc) is 2.43. The second-order valence-corrected chi connectivity index (χ2v) is 4.59. The number of hydrogen-bond acceptors (Lipinski definition) is 3. The maximum absolute atomic E-state index is 12.7. The van der Waals surface area contributed by atoms with Crippen molar-refractivity contribution in [1.82, 2.24) is 10.6 Å². The van der Waals surface area contributed by atoms with Gasteiger partial charge in [-0.1, -0.05) is 19.1 Å². The van der Waals surface area contributed by atoms with Crippen molar-refractivity contribution in [1.29, 1.82) is 0 Å². The molecule has 0 aliphatic carbocycles. The molecular formula is C14H20ClF3N2O2. The highest BCUT2D eigenvalue weighted by molar-refractivity contribution is 5.85. The predicted octanol–water partition coefficient (Wildman–Crippen LogP) is 2.48. The molecule has 0 heterocycles. The monoisotopic (exact) mass is 340 g/mol. The van der Waals surface area contributed by atoms with E-state index in [1.807, 2.05) is 0 Å². The fraction of sp³-hybridized carbons (Fsp3) is 0.500. The summed E-state index contributed by atoms with van der Waals surface area (Å²) in [4.78, 5) is 11.6. The largest absolute Gasteiger partial charge is 0.491 e. The zero-order valence-electron chi connectivity index (χ0n) is 12.4. The Morgan fingerprint density at radius 3 is 2.55 bits per heavy atom. The normalized spacial score (nSPS) is 12.2. The van der Waals surface area contributed by atoms with E-state index in [1.54, 1.807) is 14.0 Å². The Morgan fingerprint density at radius 2 is 1.95 bits per heavy atom. The number of carbonyl (C=O) groups excluding carboxylic acids is 1. The fourth-order valence-electron chi connectivity index (χ4n) is 1.74.